The van der Waals surface area contributed by atoms with E-state index in [-0.39, 0.29) is 5.91 Å². The zero-order valence-corrected chi connectivity index (χ0v) is 15.3. The van der Waals surface area contributed by atoms with Crippen LogP contribution in [0, 0.1) is 0 Å². The van der Waals surface area contributed by atoms with E-state index in [0.29, 0.717) is 21.0 Å². The Labute approximate surface area is 153 Å². The maximum atomic E-state index is 12.1. The molecule has 3 rings (SSSR count). The Morgan fingerprint density at radius 1 is 1.25 bits per heavy atom. The van der Waals surface area contributed by atoms with Crippen molar-refractivity contribution in [1.82, 2.24) is 4.98 Å². The lowest BCUT2D eigenvalue weighted by Crippen LogP contribution is -2.09. The minimum atomic E-state index is -0.198. The molecule has 1 amide bonds. The zero-order valence-electron chi connectivity index (χ0n) is 12.9. The van der Waals surface area contributed by atoms with Gasteiger partial charge in [0.25, 0.3) is 5.91 Å². The van der Waals surface area contributed by atoms with E-state index in [1.165, 1.54) is 22.7 Å². The monoisotopic (exact) mass is 378 g/mol. The van der Waals surface area contributed by atoms with Gasteiger partial charge >= 0.3 is 0 Å². The average Bonchev–Trinajstić information content (AvgIpc) is 3.22. The molecule has 4 nitrogen and oxygen atoms in total. The SMILES string of the molecule is CCCOc1ccc(-c2csc(NC(=O)c3ccc(Cl)s3)n2)cc1. The first-order valence-electron chi connectivity index (χ1n) is 7.41. The molecule has 0 unspecified atom stereocenters. The van der Waals surface area contributed by atoms with Crippen molar-refractivity contribution < 1.29 is 9.53 Å². The molecule has 0 radical (unpaired) electrons. The predicted octanol–water partition coefficient (Wildman–Crippen LogP) is 5.57. The lowest BCUT2D eigenvalue weighted by atomic mass is 10.2. The van der Waals surface area contributed by atoms with Gasteiger partial charge in [0.1, 0.15) is 5.75 Å². The molecule has 0 spiro atoms. The fourth-order valence-electron chi connectivity index (χ4n) is 2.00. The highest BCUT2D eigenvalue weighted by molar-refractivity contribution is 7.18. The average molecular weight is 379 g/mol. The summed E-state index contributed by atoms with van der Waals surface area (Å²) in [5.74, 6) is 0.648. The van der Waals surface area contributed by atoms with Crippen molar-refractivity contribution >= 4 is 45.3 Å². The van der Waals surface area contributed by atoms with Crippen LogP contribution in [0.15, 0.2) is 41.8 Å². The molecule has 0 fully saturated rings. The molecule has 0 atom stereocenters. The van der Waals surface area contributed by atoms with Crippen LogP contribution in [0.1, 0.15) is 23.0 Å². The van der Waals surface area contributed by atoms with Gasteiger partial charge in [-0.05, 0) is 42.8 Å². The van der Waals surface area contributed by atoms with Gasteiger partial charge in [-0.2, -0.15) is 0 Å². The van der Waals surface area contributed by atoms with E-state index in [2.05, 4.69) is 17.2 Å². The number of aromatic nitrogens is 1. The van der Waals surface area contributed by atoms with Crippen LogP contribution in [0.3, 0.4) is 0 Å². The van der Waals surface area contributed by atoms with E-state index in [1.807, 2.05) is 29.6 Å². The summed E-state index contributed by atoms with van der Waals surface area (Å²) >= 11 is 8.48. The standard InChI is InChI=1S/C17H15ClN2O2S2/c1-2-9-22-12-5-3-11(4-6-12)13-10-23-17(19-13)20-16(21)14-7-8-15(18)24-14/h3-8,10H,2,9H2,1H3,(H,19,20,21). The summed E-state index contributed by atoms with van der Waals surface area (Å²) in [7, 11) is 0. The number of halogens is 1. The lowest BCUT2D eigenvalue weighted by molar-refractivity contribution is 0.103. The summed E-state index contributed by atoms with van der Waals surface area (Å²) in [4.78, 5) is 17.1. The molecule has 24 heavy (non-hydrogen) atoms. The molecular formula is C17H15ClN2O2S2. The number of nitrogens with zero attached hydrogens (tertiary/aromatic N) is 1. The van der Waals surface area contributed by atoms with Gasteiger partial charge in [0.2, 0.25) is 0 Å². The fraction of sp³-hybridized carbons (Fsp3) is 0.176. The van der Waals surface area contributed by atoms with Gasteiger partial charge in [0, 0.05) is 10.9 Å². The van der Waals surface area contributed by atoms with Crippen molar-refractivity contribution in [1.29, 1.82) is 0 Å². The summed E-state index contributed by atoms with van der Waals surface area (Å²) in [6.45, 7) is 2.78. The van der Waals surface area contributed by atoms with Crippen LogP contribution in [-0.2, 0) is 0 Å². The summed E-state index contributed by atoms with van der Waals surface area (Å²) in [6, 6.07) is 11.2. The number of hydrogen-bond donors (Lipinski definition) is 1. The van der Waals surface area contributed by atoms with Crippen LogP contribution >= 0.6 is 34.3 Å². The molecule has 3 aromatic rings. The number of ether oxygens (including phenoxy) is 1. The van der Waals surface area contributed by atoms with Crippen LogP contribution in [0.5, 0.6) is 5.75 Å². The first kappa shape index (κ1) is 17.0. The summed E-state index contributed by atoms with van der Waals surface area (Å²) in [5.41, 5.74) is 1.80. The summed E-state index contributed by atoms with van der Waals surface area (Å²) in [5, 5.41) is 5.27. The van der Waals surface area contributed by atoms with Crippen LogP contribution in [-0.4, -0.2) is 17.5 Å². The first-order chi connectivity index (χ1) is 11.7. The maximum absolute atomic E-state index is 12.1. The molecular weight excluding hydrogens is 364 g/mol. The third-order valence-corrected chi connectivity index (χ3v) is 5.13. The minimum absolute atomic E-state index is 0.198. The van der Waals surface area contributed by atoms with Crippen molar-refractivity contribution in [3.8, 4) is 17.0 Å². The normalized spacial score (nSPS) is 10.6. The Morgan fingerprint density at radius 3 is 2.71 bits per heavy atom. The van der Waals surface area contributed by atoms with Gasteiger partial charge < -0.3 is 4.74 Å². The van der Waals surface area contributed by atoms with E-state index in [1.54, 1.807) is 12.1 Å². The maximum Gasteiger partial charge on any atom is 0.267 e. The summed E-state index contributed by atoms with van der Waals surface area (Å²) in [6.07, 6.45) is 0.979. The molecule has 2 heterocycles. The van der Waals surface area contributed by atoms with Crippen LogP contribution in [0.25, 0.3) is 11.3 Å². The second-order valence-corrected chi connectivity index (χ2v) is 7.54. The second-order valence-electron chi connectivity index (χ2n) is 4.97. The van der Waals surface area contributed by atoms with E-state index in [9.17, 15) is 4.79 Å². The van der Waals surface area contributed by atoms with Gasteiger partial charge in [0.05, 0.1) is 21.5 Å². The Balaban J connectivity index is 1.67. The third kappa shape index (κ3) is 4.14. The Kier molecular flexibility index (Phi) is 5.50. The van der Waals surface area contributed by atoms with E-state index in [4.69, 9.17) is 16.3 Å². The van der Waals surface area contributed by atoms with Gasteiger partial charge in [-0.25, -0.2) is 4.98 Å². The van der Waals surface area contributed by atoms with Gasteiger partial charge in [-0.3, -0.25) is 10.1 Å². The molecule has 1 aromatic carbocycles. The summed E-state index contributed by atoms with van der Waals surface area (Å²) < 4.78 is 6.16. The number of thiophene rings is 1. The number of carbonyl (C=O) groups excluding carboxylic acids is 1. The fourth-order valence-corrected chi connectivity index (χ4v) is 3.65. The molecule has 0 bridgehead atoms. The highest BCUT2D eigenvalue weighted by Crippen LogP contribution is 2.28. The first-order valence-corrected chi connectivity index (χ1v) is 9.48. The molecule has 0 saturated carbocycles. The molecule has 0 aliphatic heterocycles. The van der Waals surface area contributed by atoms with E-state index >= 15 is 0 Å². The van der Waals surface area contributed by atoms with E-state index in [0.717, 1.165) is 23.4 Å². The van der Waals surface area contributed by atoms with Crippen molar-refractivity contribution in [2.45, 2.75) is 13.3 Å². The smallest absolute Gasteiger partial charge is 0.267 e. The Bertz CT molecular complexity index is 827. The van der Waals surface area contributed by atoms with Gasteiger partial charge in [-0.15, -0.1) is 22.7 Å². The number of carbonyl (C=O) groups is 1. The largest absolute Gasteiger partial charge is 0.494 e. The minimum Gasteiger partial charge on any atom is -0.494 e. The quantitative estimate of drug-likeness (QED) is 0.610. The topological polar surface area (TPSA) is 51.2 Å². The highest BCUT2D eigenvalue weighted by Gasteiger charge is 2.12. The van der Waals surface area contributed by atoms with Crippen LogP contribution in [0.4, 0.5) is 5.13 Å². The van der Waals surface area contributed by atoms with Crippen molar-refractivity contribution in [2.24, 2.45) is 0 Å². The molecule has 2 aromatic heterocycles. The molecule has 7 heteroatoms. The Morgan fingerprint density at radius 2 is 2.04 bits per heavy atom. The van der Waals surface area contributed by atoms with E-state index < -0.39 is 0 Å². The lowest BCUT2D eigenvalue weighted by Gasteiger charge is -2.04. The molecule has 0 saturated heterocycles. The van der Waals surface area contributed by atoms with Crippen molar-refractivity contribution in [3.05, 3.63) is 51.0 Å². The number of benzene rings is 1. The molecule has 124 valence electrons. The predicted molar refractivity (Wildman–Crippen MR) is 101 cm³/mol. The molecule has 1 N–H and O–H groups in total. The number of nitrogens with one attached hydrogen (secondary N) is 1. The number of amides is 1. The Hall–Kier alpha value is -1.89. The second kappa shape index (κ2) is 7.79. The van der Waals surface area contributed by atoms with Gasteiger partial charge in [0.15, 0.2) is 5.13 Å². The zero-order chi connectivity index (χ0) is 16.9. The number of rotatable bonds is 6. The van der Waals surface area contributed by atoms with Crippen LogP contribution < -0.4 is 10.1 Å². The number of hydrogen-bond acceptors (Lipinski definition) is 5. The van der Waals surface area contributed by atoms with Crippen molar-refractivity contribution in [2.75, 3.05) is 11.9 Å². The number of anilines is 1. The number of thiazole rings is 1. The third-order valence-electron chi connectivity index (χ3n) is 3.14. The highest BCUT2D eigenvalue weighted by atomic mass is 35.5. The van der Waals surface area contributed by atoms with Gasteiger partial charge in [-0.1, -0.05) is 18.5 Å². The molecule has 0 aliphatic rings. The van der Waals surface area contributed by atoms with Crippen LogP contribution in [0.2, 0.25) is 4.34 Å². The van der Waals surface area contributed by atoms with Crippen molar-refractivity contribution in [3.63, 3.8) is 0 Å². The molecule has 0 aliphatic carbocycles.